The summed E-state index contributed by atoms with van der Waals surface area (Å²) in [5.74, 6) is 1.70. The van der Waals surface area contributed by atoms with Gasteiger partial charge in [0.05, 0.1) is 0 Å². The molecule has 0 saturated carbocycles. The van der Waals surface area contributed by atoms with E-state index in [1.165, 1.54) is 0 Å². The molecule has 0 aromatic rings. The summed E-state index contributed by atoms with van der Waals surface area (Å²) in [5.41, 5.74) is 0. The van der Waals surface area contributed by atoms with Gasteiger partial charge in [0.2, 0.25) is 0 Å². The van der Waals surface area contributed by atoms with E-state index >= 15 is 0 Å². The second kappa shape index (κ2) is 10.9. The molecule has 0 unspecified atom stereocenters. The van der Waals surface area contributed by atoms with Crippen molar-refractivity contribution in [3.8, 4) is 0 Å². The second-order valence-electron chi connectivity index (χ2n) is 2.49. The van der Waals surface area contributed by atoms with Crippen molar-refractivity contribution in [3.05, 3.63) is 0 Å². The highest BCUT2D eigenvalue weighted by Crippen LogP contribution is 2.05. The van der Waals surface area contributed by atoms with Gasteiger partial charge in [-0.3, -0.25) is 0 Å². The molecule has 0 rings (SSSR count). The molecule has 0 N–H and O–H groups in total. The van der Waals surface area contributed by atoms with Crippen LogP contribution in [0.25, 0.3) is 0 Å². The third kappa shape index (κ3) is 18.0. The summed E-state index contributed by atoms with van der Waals surface area (Å²) in [5, 5.41) is 0. The van der Waals surface area contributed by atoms with Crippen LogP contribution in [0.1, 0.15) is 50.0 Å². The van der Waals surface area contributed by atoms with E-state index in [9.17, 15) is 0 Å². The van der Waals surface area contributed by atoms with Gasteiger partial charge in [-0.05, 0) is 11.8 Å². The van der Waals surface area contributed by atoms with Crippen LogP contribution in [0.5, 0.6) is 0 Å². The van der Waals surface area contributed by atoms with Gasteiger partial charge in [0, 0.05) is 0 Å². The van der Waals surface area contributed by atoms with Gasteiger partial charge in [0.15, 0.2) is 0 Å². The maximum atomic E-state index is 2.24. The molecule has 0 amide bonds. The van der Waals surface area contributed by atoms with Crippen LogP contribution < -0.4 is 0 Å². The summed E-state index contributed by atoms with van der Waals surface area (Å²) in [6.45, 7) is 8.96. The van der Waals surface area contributed by atoms with E-state index in [0.717, 1.165) is 11.8 Å². The van der Waals surface area contributed by atoms with Crippen LogP contribution in [-0.2, 0) is 0 Å². The summed E-state index contributed by atoms with van der Waals surface area (Å²) < 4.78 is 0. The van der Waals surface area contributed by atoms with Crippen LogP contribution in [0, 0.1) is 11.8 Å². The summed E-state index contributed by atoms with van der Waals surface area (Å²) in [4.78, 5) is 0. The fourth-order valence-electron chi connectivity index (χ4n) is 0. The van der Waals surface area contributed by atoms with Crippen molar-refractivity contribution in [1.82, 2.24) is 0 Å². The average molecular weight is 134 g/mol. The molecule has 0 bridgehead atoms. The molecule has 9 heavy (non-hydrogen) atoms. The van der Waals surface area contributed by atoms with Gasteiger partial charge >= 0.3 is 0 Å². The molecule has 0 aliphatic carbocycles. The van der Waals surface area contributed by atoms with E-state index in [-0.39, 0.29) is 22.3 Å². The van der Waals surface area contributed by atoms with Gasteiger partial charge in [-0.15, -0.1) is 0 Å². The van der Waals surface area contributed by atoms with E-state index in [1.54, 1.807) is 0 Å². The van der Waals surface area contributed by atoms with Crippen molar-refractivity contribution in [2.24, 2.45) is 11.8 Å². The fraction of sp³-hybridized carbons (Fsp3) is 1.00. The Kier molecular flexibility index (Phi) is 27.9. The number of rotatable bonds is 1. The average Bonchev–Trinajstić information content (AvgIpc) is 1.36. The van der Waals surface area contributed by atoms with Crippen molar-refractivity contribution in [2.75, 3.05) is 0 Å². The van der Waals surface area contributed by atoms with Crippen LogP contribution in [0.15, 0.2) is 0 Å². The minimum atomic E-state index is 0. The largest absolute Gasteiger partial charge is 0.0776 e. The smallest absolute Gasteiger partial charge is 0.0448 e. The topological polar surface area (TPSA) is 0 Å². The highest BCUT2D eigenvalue weighted by Gasteiger charge is 1.95. The molecule has 0 radical (unpaired) electrons. The Hall–Kier alpha value is 0. The monoisotopic (exact) mass is 134 g/mol. The maximum absolute atomic E-state index is 2.24. The molecule has 0 saturated heterocycles. The summed E-state index contributed by atoms with van der Waals surface area (Å²) in [6.07, 6.45) is 0. The van der Waals surface area contributed by atoms with Crippen molar-refractivity contribution >= 4 is 0 Å². The molecule has 0 aliphatic rings. The van der Waals surface area contributed by atoms with Gasteiger partial charge < -0.3 is 0 Å². The first kappa shape index (κ1) is 23.0. The van der Waals surface area contributed by atoms with Crippen LogP contribution >= 0.6 is 0 Å². The minimum Gasteiger partial charge on any atom is -0.0776 e. The molecule has 0 heterocycles. The van der Waals surface area contributed by atoms with E-state index in [0.29, 0.717) is 0 Å². The third-order valence-electron chi connectivity index (χ3n) is 1.33. The van der Waals surface area contributed by atoms with Gasteiger partial charge in [0.1, 0.15) is 0 Å². The Balaban J connectivity index is -0.0000000417. The molecule has 0 heteroatoms. The molecular weight excluding hydrogens is 108 g/mol. The molecule has 62 valence electrons. The van der Waals surface area contributed by atoms with Crippen LogP contribution in [0.3, 0.4) is 0 Å². The Morgan fingerprint density at radius 2 is 0.667 bits per heavy atom. The third-order valence-corrected chi connectivity index (χ3v) is 1.33. The van der Waals surface area contributed by atoms with Crippen LogP contribution in [0.4, 0.5) is 0 Å². The lowest BCUT2D eigenvalue weighted by atomic mass is 10.0. The van der Waals surface area contributed by atoms with Crippen molar-refractivity contribution in [2.45, 2.75) is 50.0 Å². The van der Waals surface area contributed by atoms with Gasteiger partial charge in [-0.1, -0.05) is 50.0 Å². The Labute approximate surface area is 62.7 Å². The molecule has 0 nitrogen and oxygen atoms in total. The standard InChI is InChI=1S/C6H14.3CH4/c1-5(2)6(3)4;;;/h5-6H,1-4H3;3*1H4. The zero-order valence-electron chi connectivity index (χ0n) is 5.15. The van der Waals surface area contributed by atoms with Crippen molar-refractivity contribution in [3.63, 3.8) is 0 Å². The van der Waals surface area contributed by atoms with Gasteiger partial charge in [-0.2, -0.15) is 0 Å². The van der Waals surface area contributed by atoms with Crippen LogP contribution in [-0.4, -0.2) is 0 Å². The van der Waals surface area contributed by atoms with Crippen molar-refractivity contribution in [1.29, 1.82) is 0 Å². The second-order valence-corrected chi connectivity index (χ2v) is 2.49. The lowest BCUT2D eigenvalue weighted by Gasteiger charge is -2.05. The van der Waals surface area contributed by atoms with Crippen LogP contribution in [0.2, 0.25) is 0 Å². The fourth-order valence-corrected chi connectivity index (χ4v) is 0. The zero-order valence-corrected chi connectivity index (χ0v) is 5.15. The Morgan fingerprint density at radius 3 is 0.667 bits per heavy atom. The maximum Gasteiger partial charge on any atom is -0.0448 e. The Bertz CT molecular complexity index is 21.0. The Morgan fingerprint density at radius 1 is 0.556 bits per heavy atom. The molecule has 0 aromatic heterocycles. The van der Waals surface area contributed by atoms with E-state index in [4.69, 9.17) is 0 Å². The van der Waals surface area contributed by atoms with Crippen molar-refractivity contribution < 1.29 is 0 Å². The molecule has 0 atom stereocenters. The molecule has 0 aliphatic heterocycles. The number of hydrogen-bond acceptors (Lipinski definition) is 0. The molecule has 0 aromatic carbocycles. The van der Waals surface area contributed by atoms with E-state index < -0.39 is 0 Å². The quantitative estimate of drug-likeness (QED) is 0.504. The summed E-state index contributed by atoms with van der Waals surface area (Å²) in [6, 6.07) is 0. The predicted molar refractivity (Wildman–Crippen MR) is 49.9 cm³/mol. The highest BCUT2D eigenvalue weighted by atomic mass is 14.0. The van der Waals surface area contributed by atoms with E-state index in [1.807, 2.05) is 0 Å². The minimum absolute atomic E-state index is 0. The predicted octanol–water partition coefficient (Wildman–Crippen LogP) is 4.21. The zero-order chi connectivity index (χ0) is 5.15. The summed E-state index contributed by atoms with van der Waals surface area (Å²) in [7, 11) is 0. The molecular formula is C9H26. The molecule has 0 fully saturated rings. The van der Waals surface area contributed by atoms with E-state index in [2.05, 4.69) is 27.7 Å². The lowest BCUT2D eigenvalue weighted by Crippen LogP contribution is -1.95. The first-order valence-electron chi connectivity index (χ1n) is 2.64. The number of hydrogen-bond donors (Lipinski definition) is 0. The molecule has 0 spiro atoms. The first-order valence-corrected chi connectivity index (χ1v) is 2.64. The first-order chi connectivity index (χ1) is 2.64. The van der Waals surface area contributed by atoms with Gasteiger partial charge in [-0.25, -0.2) is 0 Å². The SMILES string of the molecule is C.C.C.CC(C)C(C)C. The summed E-state index contributed by atoms with van der Waals surface area (Å²) >= 11 is 0. The van der Waals surface area contributed by atoms with Gasteiger partial charge in [0.25, 0.3) is 0 Å². The highest BCUT2D eigenvalue weighted by molar-refractivity contribution is 4.46. The normalized spacial score (nSPS) is 7.33. The lowest BCUT2D eigenvalue weighted by molar-refractivity contribution is 0.457.